The third-order valence-corrected chi connectivity index (χ3v) is 2.98. The number of para-hydroxylation sites is 1. The highest BCUT2D eigenvalue weighted by atomic mass is 15.3. The van der Waals surface area contributed by atoms with Crippen LogP contribution in [0.25, 0.3) is 10.9 Å². The van der Waals surface area contributed by atoms with Crippen molar-refractivity contribution in [3.63, 3.8) is 0 Å². The van der Waals surface area contributed by atoms with Crippen molar-refractivity contribution in [2.24, 2.45) is 7.05 Å². The number of nitrogens with two attached hydrogens (primary N) is 1. The molecule has 2 aromatic heterocycles. The molecule has 2 heterocycles. The number of hydrogen-bond acceptors (Lipinski definition) is 4. The van der Waals surface area contributed by atoms with Crippen molar-refractivity contribution >= 4 is 22.3 Å². The van der Waals surface area contributed by atoms with E-state index in [0.29, 0.717) is 6.54 Å². The van der Waals surface area contributed by atoms with Crippen LogP contribution in [0.3, 0.4) is 0 Å². The van der Waals surface area contributed by atoms with Crippen molar-refractivity contribution in [2.75, 3.05) is 11.1 Å². The third kappa shape index (κ3) is 2.35. The van der Waals surface area contributed by atoms with Gasteiger partial charge in [0.2, 0.25) is 0 Å². The molecule has 3 N–H and O–H groups in total. The van der Waals surface area contributed by atoms with Crippen LogP contribution in [0.1, 0.15) is 5.69 Å². The zero-order chi connectivity index (χ0) is 13.2. The van der Waals surface area contributed by atoms with Crippen LogP contribution in [0.2, 0.25) is 0 Å². The summed E-state index contributed by atoms with van der Waals surface area (Å²) in [4.78, 5) is 4.59. The van der Waals surface area contributed by atoms with Gasteiger partial charge in [-0.05, 0) is 12.1 Å². The van der Waals surface area contributed by atoms with E-state index in [0.717, 1.165) is 28.0 Å². The van der Waals surface area contributed by atoms with Crippen LogP contribution < -0.4 is 11.1 Å². The first-order valence-electron chi connectivity index (χ1n) is 6.09. The maximum absolute atomic E-state index is 6.05. The first-order chi connectivity index (χ1) is 9.22. The van der Waals surface area contributed by atoms with Crippen LogP contribution in [0.15, 0.2) is 42.7 Å². The number of nitrogen functional groups attached to an aromatic ring is 1. The van der Waals surface area contributed by atoms with E-state index in [1.54, 1.807) is 10.9 Å². The van der Waals surface area contributed by atoms with Crippen molar-refractivity contribution in [3.05, 3.63) is 48.4 Å². The highest BCUT2D eigenvalue weighted by Gasteiger charge is 2.03. The number of benzene rings is 1. The second-order valence-corrected chi connectivity index (χ2v) is 4.48. The average molecular weight is 253 g/mol. The van der Waals surface area contributed by atoms with E-state index in [1.165, 1.54) is 0 Å². The average Bonchev–Trinajstić information content (AvgIpc) is 2.82. The summed E-state index contributed by atoms with van der Waals surface area (Å²) in [5, 5.41) is 8.37. The number of rotatable bonds is 3. The Hall–Kier alpha value is -2.56. The molecular formula is C14H15N5. The number of pyridine rings is 1. The quantitative estimate of drug-likeness (QED) is 0.750. The lowest BCUT2D eigenvalue weighted by molar-refractivity contribution is 0.768. The summed E-state index contributed by atoms with van der Waals surface area (Å²) in [6, 6.07) is 9.79. The van der Waals surface area contributed by atoms with E-state index in [4.69, 9.17) is 5.73 Å². The molecule has 5 heteroatoms. The Morgan fingerprint density at radius 2 is 2.16 bits per heavy atom. The summed E-state index contributed by atoms with van der Waals surface area (Å²) >= 11 is 0. The van der Waals surface area contributed by atoms with Gasteiger partial charge in [0.15, 0.2) is 0 Å². The molecule has 0 saturated heterocycles. The molecule has 0 unspecified atom stereocenters. The van der Waals surface area contributed by atoms with E-state index < -0.39 is 0 Å². The zero-order valence-electron chi connectivity index (χ0n) is 10.7. The first-order valence-corrected chi connectivity index (χ1v) is 6.09. The second kappa shape index (κ2) is 4.61. The molecule has 0 aliphatic rings. The number of aromatic nitrogens is 3. The molecule has 3 aromatic rings. The van der Waals surface area contributed by atoms with E-state index >= 15 is 0 Å². The second-order valence-electron chi connectivity index (χ2n) is 4.48. The number of fused-ring (bicyclic) bond motifs is 1. The highest BCUT2D eigenvalue weighted by Crippen LogP contribution is 2.20. The summed E-state index contributed by atoms with van der Waals surface area (Å²) in [6.45, 7) is 0.626. The van der Waals surface area contributed by atoms with E-state index in [2.05, 4.69) is 15.4 Å². The maximum Gasteiger partial charge on any atom is 0.0729 e. The lowest BCUT2D eigenvalue weighted by Crippen LogP contribution is -2.02. The van der Waals surface area contributed by atoms with Crippen LogP contribution in [-0.4, -0.2) is 14.8 Å². The molecule has 0 aliphatic heterocycles. The molecule has 96 valence electrons. The molecule has 3 rings (SSSR count). The number of nitrogens with one attached hydrogen (secondary N) is 1. The Kier molecular flexibility index (Phi) is 2.79. The molecule has 19 heavy (non-hydrogen) atoms. The van der Waals surface area contributed by atoms with Crippen molar-refractivity contribution in [1.82, 2.24) is 14.8 Å². The summed E-state index contributed by atoms with van der Waals surface area (Å²) in [5.74, 6) is 0. The normalized spacial score (nSPS) is 10.8. The molecule has 0 radical (unpaired) electrons. The summed E-state index contributed by atoms with van der Waals surface area (Å²) in [7, 11) is 1.89. The number of aryl methyl sites for hydroxylation is 1. The zero-order valence-corrected chi connectivity index (χ0v) is 10.7. The van der Waals surface area contributed by atoms with Gasteiger partial charge in [0.25, 0.3) is 0 Å². The topological polar surface area (TPSA) is 68.8 Å². The lowest BCUT2D eigenvalue weighted by Gasteiger charge is -2.07. The molecule has 0 spiro atoms. The van der Waals surface area contributed by atoms with E-state index in [1.807, 2.05) is 43.6 Å². The molecule has 0 atom stereocenters. The predicted molar refractivity (Wildman–Crippen MR) is 76.7 cm³/mol. The van der Waals surface area contributed by atoms with E-state index in [-0.39, 0.29) is 0 Å². The SMILES string of the molecule is Cn1cc(NCc2cc(N)c3ccccc3n2)cn1. The van der Waals surface area contributed by atoms with Gasteiger partial charge < -0.3 is 11.1 Å². The fraction of sp³-hybridized carbons (Fsp3) is 0.143. The fourth-order valence-corrected chi connectivity index (χ4v) is 2.06. The van der Waals surface area contributed by atoms with Crippen LogP contribution in [-0.2, 0) is 13.6 Å². The molecule has 0 fully saturated rings. The smallest absolute Gasteiger partial charge is 0.0729 e. The summed E-state index contributed by atoms with van der Waals surface area (Å²) in [6.07, 6.45) is 3.70. The van der Waals surface area contributed by atoms with Crippen LogP contribution in [0.4, 0.5) is 11.4 Å². The Bertz CT molecular complexity index is 717. The number of hydrogen-bond donors (Lipinski definition) is 2. The van der Waals surface area contributed by atoms with Gasteiger partial charge in [0.05, 0.1) is 29.6 Å². The minimum Gasteiger partial charge on any atom is -0.398 e. The Morgan fingerprint density at radius 3 is 2.95 bits per heavy atom. The Morgan fingerprint density at radius 1 is 1.32 bits per heavy atom. The minimum atomic E-state index is 0.626. The van der Waals surface area contributed by atoms with Gasteiger partial charge in [-0.2, -0.15) is 5.10 Å². The van der Waals surface area contributed by atoms with E-state index in [9.17, 15) is 0 Å². The number of anilines is 2. The highest BCUT2D eigenvalue weighted by molar-refractivity contribution is 5.90. The van der Waals surface area contributed by atoms with Crippen molar-refractivity contribution in [2.45, 2.75) is 6.54 Å². The monoisotopic (exact) mass is 253 g/mol. The number of nitrogens with zero attached hydrogens (tertiary/aromatic N) is 3. The minimum absolute atomic E-state index is 0.626. The van der Waals surface area contributed by atoms with Gasteiger partial charge >= 0.3 is 0 Å². The Balaban J connectivity index is 1.85. The van der Waals surface area contributed by atoms with Gasteiger partial charge in [-0.15, -0.1) is 0 Å². The summed E-state index contributed by atoms with van der Waals surface area (Å²) < 4.78 is 1.75. The van der Waals surface area contributed by atoms with Crippen LogP contribution in [0, 0.1) is 0 Å². The van der Waals surface area contributed by atoms with Crippen LogP contribution in [0.5, 0.6) is 0 Å². The third-order valence-electron chi connectivity index (χ3n) is 2.98. The van der Waals surface area contributed by atoms with Gasteiger partial charge in [0.1, 0.15) is 0 Å². The largest absolute Gasteiger partial charge is 0.398 e. The molecule has 0 saturated carbocycles. The van der Waals surface area contributed by atoms with Gasteiger partial charge in [0, 0.05) is 24.3 Å². The fourth-order valence-electron chi connectivity index (χ4n) is 2.06. The van der Waals surface area contributed by atoms with Crippen molar-refractivity contribution in [1.29, 1.82) is 0 Å². The van der Waals surface area contributed by atoms with Crippen molar-refractivity contribution < 1.29 is 0 Å². The first kappa shape index (κ1) is 11.5. The van der Waals surface area contributed by atoms with Gasteiger partial charge in [-0.3, -0.25) is 9.67 Å². The van der Waals surface area contributed by atoms with Crippen LogP contribution >= 0.6 is 0 Å². The molecule has 1 aromatic carbocycles. The molecule has 0 amide bonds. The van der Waals surface area contributed by atoms with Gasteiger partial charge in [-0.25, -0.2) is 0 Å². The van der Waals surface area contributed by atoms with Gasteiger partial charge in [-0.1, -0.05) is 18.2 Å². The molecule has 5 nitrogen and oxygen atoms in total. The molecule has 0 aliphatic carbocycles. The van der Waals surface area contributed by atoms with Crippen molar-refractivity contribution in [3.8, 4) is 0 Å². The lowest BCUT2D eigenvalue weighted by atomic mass is 10.1. The molecular weight excluding hydrogens is 238 g/mol. The summed E-state index contributed by atoms with van der Waals surface area (Å²) in [5.41, 5.74) is 9.61. The molecule has 0 bridgehead atoms. The standard InChI is InChI=1S/C14H15N5/c1-19-9-11(8-17-19)16-7-10-6-13(15)12-4-2-3-5-14(12)18-10/h2-6,8-9,16H,7H2,1H3,(H2,15,18). The maximum atomic E-state index is 6.05. The Labute approximate surface area is 111 Å². The predicted octanol–water partition coefficient (Wildman–Crippen LogP) is 2.16.